The van der Waals surface area contributed by atoms with E-state index in [1.165, 1.54) is 0 Å². The normalized spacial score (nSPS) is 10.3. The number of halogens is 1. The summed E-state index contributed by atoms with van der Waals surface area (Å²) >= 11 is 5.76. The van der Waals surface area contributed by atoms with Crippen LogP contribution in [0, 0.1) is 13.8 Å². The fourth-order valence-electron chi connectivity index (χ4n) is 1.72. The van der Waals surface area contributed by atoms with Crippen LogP contribution in [0.4, 0.5) is 5.69 Å². The molecule has 0 fully saturated rings. The molecule has 2 rings (SSSR count). The van der Waals surface area contributed by atoms with Crippen LogP contribution >= 0.6 is 11.6 Å². The van der Waals surface area contributed by atoms with E-state index in [-0.39, 0.29) is 5.56 Å². The summed E-state index contributed by atoms with van der Waals surface area (Å²) in [6, 6.07) is 6.63. The highest BCUT2D eigenvalue weighted by Crippen LogP contribution is 2.14. The lowest BCUT2D eigenvalue weighted by Crippen LogP contribution is -2.26. The second-order valence-corrected chi connectivity index (χ2v) is 4.51. The molecule has 2 aromatic rings. The molecule has 0 saturated heterocycles. The van der Waals surface area contributed by atoms with Crippen molar-refractivity contribution in [2.24, 2.45) is 0 Å². The molecule has 2 N–H and O–H groups in total. The number of amides is 1. The van der Waals surface area contributed by atoms with Gasteiger partial charge in [-0.3, -0.25) is 9.59 Å². The van der Waals surface area contributed by atoms with Crippen molar-refractivity contribution in [1.29, 1.82) is 0 Å². The minimum atomic E-state index is -0.492. The zero-order chi connectivity index (χ0) is 14.0. The molecule has 0 radical (unpaired) electrons. The van der Waals surface area contributed by atoms with Gasteiger partial charge < -0.3 is 10.3 Å². The Morgan fingerprint density at radius 3 is 2.47 bits per heavy atom. The summed E-state index contributed by atoms with van der Waals surface area (Å²) in [7, 11) is 0. The van der Waals surface area contributed by atoms with Gasteiger partial charge in [0, 0.05) is 10.7 Å². The molecule has 0 bridgehead atoms. The van der Waals surface area contributed by atoms with Crippen LogP contribution in [0.15, 0.2) is 29.1 Å². The first-order chi connectivity index (χ1) is 8.97. The van der Waals surface area contributed by atoms with Gasteiger partial charge in [-0.2, -0.15) is 0 Å². The molecule has 0 aliphatic heterocycles. The average molecular weight is 278 g/mol. The van der Waals surface area contributed by atoms with Crippen molar-refractivity contribution < 1.29 is 4.79 Å². The molecule has 19 heavy (non-hydrogen) atoms. The van der Waals surface area contributed by atoms with Crippen molar-refractivity contribution in [2.45, 2.75) is 13.8 Å². The van der Waals surface area contributed by atoms with Crippen molar-refractivity contribution in [1.82, 2.24) is 9.97 Å². The molecular weight excluding hydrogens is 266 g/mol. The van der Waals surface area contributed by atoms with E-state index in [0.29, 0.717) is 22.2 Å². The Morgan fingerprint density at radius 1 is 1.26 bits per heavy atom. The van der Waals surface area contributed by atoms with Gasteiger partial charge >= 0.3 is 0 Å². The van der Waals surface area contributed by atoms with E-state index in [4.69, 9.17) is 11.6 Å². The predicted molar refractivity (Wildman–Crippen MR) is 73.7 cm³/mol. The lowest BCUT2D eigenvalue weighted by molar-refractivity contribution is 0.102. The van der Waals surface area contributed by atoms with Crippen molar-refractivity contribution in [3.05, 3.63) is 56.7 Å². The summed E-state index contributed by atoms with van der Waals surface area (Å²) in [5, 5.41) is 3.20. The van der Waals surface area contributed by atoms with Crippen LogP contribution < -0.4 is 10.9 Å². The van der Waals surface area contributed by atoms with Crippen LogP contribution in [0.3, 0.4) is 0 Å². The van der Waals surface area contributed by atoms with Crippen molar-refractivity contribution in [3.8, 4) is 0 Å². The quantitative estimate of drug-likeness (QED) is 0.884. The van der Waals surface area contributed by atoms with Gasteiger partial charge in [0.25, 0.3) is 11.5 Å². The molecule has 6 heteroatoms. The summed E-state index contributed by atoms with van der Waals surface area (Å²) in [6.45, 7) is 3.29. The monoisotopic (exact) mass is 277 g/mol. The number of aromatic nitrogens is 2. The number of nitrogens with one attached hydrogen (secondary N) is 2. The minimum absolute atomic E-state index is 0.0144. The Hall–Kier alpha value is -2.14. The number of H-pyrrole nitrogens is 1. The molecule has 1 amide bonds. The second kappa shape index (κ2) is 5.24. The number of anilines is 1. The number of hydrogen-bond acceptors (Lipinski definition) is 3. The van der Waals surface area contributed by atoms with Crippen LogP contribution in [0.5, 0.6) is 0 Å². The van der Waals surface area contributed by atoms with Gasteiger partial charge in [0.05, 0.1) is 5.69 Å². The van der Waals surface area contributed by atoms with Gasteiger partial charge in [-0.25, -0.2) is 4.98 Å². The number of aromatic amines is 1. The minimum Gasteiger partial charge on any atom is -0.322 e. The van der Waals surface area contributed by atoms with Gasteiger partial charge in [0.1, 0.15) is 11.4 Å². The molecule has 0 saturated carbocycles. The maximum atomic E-state index is 12.0. The zero-order valence-corrected chi connectivity index (χ0v) is 11.2. The molecule has 0 aliphatic rings. The molecular formula is C13H12ClN3O2. The van der Waals surface area contributed by atoms with Crippen LogP contribution in [0.1, 0.15) is 21.9 Å². The lowest BCUT2D eigenvalue weighted by Gasteiger charge is -2.07. The van der Waals surface area contributed by atoms with Crippen LogP contribution in [-0.2, 0) is 0 Å². The van der Waals surface area contributed by atoms with Gasteiger partial charge in [-0.15, -0.1) is 0 Å². The summed E-state index contributed by atoms with van der Waals surface area (Å²) in [5.74, 6) is -0.0147. The maximum Gasteiger partial charge on any atom is 0.264 e. The first-order valence-electron chi connectivity index (χ1n) is 5.62. The number of hydrogen-bond donors (Lipinski definition) is 2. The average Bonchev–Trinajstić information content (AvgIpc) is 2.30. The Labute approximate surface area is 114 Å². The Kier molecular flexibility index (Phi) is 3.66. The summed E-state index contributed by atoms with van der Waals surface area (Å²) in [6.07, 6.45) is 0. The Bertz CT molecular complexity index is 677. The van der Waals surface area contributed by atoms with Crippen LogP contribution in [-0.4, -0.2) is 15.9 Å². The third-order valence-corrected chi connectivity index (χ3v) is 2.80. The number of rotatable bonds is 2. The Balaban J connectivity index is 2.30. The number of benzene rings is 1. The maximum absolute atomic E-state index is 12.0. The van der Waals surface area contributed by atoms with E-state index in [2.05, 4.69) is 15.3 Å². The van der Waals surface area contributed by atoms with Crippen LogP contribution in [0.25, 0.3) is 0 Å². The smallest absolute Gasteiger partial charge is 0.264 e. The SMILES string of the molecule is Cc1nc(C)c(C(=O)Nc2ccc(Cl)cc2)c(=O)[nH]1. The van der Waals surface area contributed by atoms with Crippen molar-refractivity contribution in [2.75, 3.05) is 5.32 Å². The summed E-state index contributed by atoms with van der Waals surface area (Å²) in [5.41, 5.74) is 0.526. The number of aryl methyl sites for hydroxylation is 2. The van der Waals surface area contributed by atoms with Crippen molar-refractivity contribution >= 4 is 23.2 Å². The molecule has 0 unspecified atom stereocenters. The molecule has 1 aromatic heterocycles. The highest BCUT2D eigenvalue weighted by atomic mass is 35.5. The fraction of sp³-hybridized carbons (Fsp3) is 0.154. The number of carbonyl (C=O) groups excluding carboxylic acids is 1. The van der Waals surface area contributed by atoms with Gasteiger partial charge in [0.2, 0.25) is 0 Å². The molecule has 0 aliphatic carbocycles. The number of carbonyl (C=O) groups is 1. The first kappa shape index (κ1) is 13.3. The molecule has 0 atom stereocenters. The van der Waals surface area contributed by atoms with Gasteiger partial charge in [-0.1, -0.05) is 11.6 Å². The summed E-state index contributed by atoms with van der Waals surface area (Å²) < 4.78 is 0. The van der Waals surface area contributed by atoms with E-state index < -0.39 is 11.5 Å². The molecule has 1 aromatic carbocycles. The van der Waals surface area contributed by atoms with E-state index in [9.17, 15) is 9.59 Å². The predicted octanol–water partition coefficient (Wildman–Crippen LogP) is 2.29. The standard InChI is InChI=1S/C13H12ClN3O2/c1-7-11(12(18)16-8(2)15-7)13(19)17-10-5-3-9(14)4-6-10/h3-6H,1-2H3,(H,17,19)(H,15,16,18). The topological polar surface area (TPSA) is 74.8 Å². The van der Waals surface area contributed by atoms with Crippen LogP contribution in [0.2, 0.25) is 5.02 Å². The third kappa shape index (κ3) is 3.00. The lowest BCUT2D eigenvalue weighted by atomic mass is 10.2. The highest BCUT2D eigenvalue weighted by Gasteiger charge is 2.15. The zero-order valence-electron chi connectivity index (χ0n) is 10.5. The van der Waals surface area contributed by atoms with E-state index in [1.54, 1.807) is 38.1 Å². The van der Waals surface area contributed by atoms with E-state index in [0.717, 1.165) is 0 Å². The van der Waals surface area contributed by atoms with Crippen molar-refractivity contribution in [3.63, 3.8) is 0 Å². The largest absolute Gasteiger partial charge is 0.322 e. The van der Waals surface area contributed by atoms with E-state index >= 15 is 0 Å². The molecule has 98 valence electrons. The van der Waals surface area contributed by atoms with E-state index in [1.807, 2.05) is 0 Å². The molecule has 5 nitrogen and oxygen atoms in total. The number of nitrogens with zero attached hydrogens (tertiary/aromatic N) is 1. The molecule has 0 spiro atoms. The third-order valence-electron chi connectivity index (χ3n) is 2.55. The molecule has 1 heterocycles. The highest BCUT2D eigenvalue weighted by molar-refractivity contribution is 6.30. The second-order valence-electron chi connectivity index (χ2n) is 4.07. The fourth-order valence-corrected chi connectivity index (χ4v) is 1.85. The first-order valence-corrected chi connectivity index (χ1v) is 5.99. The van der Waals surface area contributed by atoms with Gasteiger partial charge in [0.15, 0.2) is 0 Å². The Morgan fingerprint density at radius 2 is 1.89 bits per heavy atom. The summed E-state index contributed by atoms with van der Waals surface area (Å²) in [4.78, 5) is 30.4. The van der Waals surface area contributed by atoms with Gasteiger partial charge in [-0.05, 0) is 38.1 Å².